The molecule has 0 amide bonds. The molecule has 0 radical (unpaired) electrons. The Morgan fingerprint density at radius 3 is 1.10 bits per heavy atom. The van der Waals surface area contributed by atoms with Crippen LogP contribution in [0.4, 0.5) is 11.6 Å². The number of oxime groups is 2. The number of nitrogens with one attached hydrogen (secondary N) is 2. The highest BCUT2D eigenvalue weighted by Crippen LogP contribution is 2.21. The molecule has 1 aliphatic rings. The van der Waals surface area contributed by atoms with Gasteiger partial charge in [0.1, 0.15) is 0 Å². The summed E-state index contributed by atoms with van der Waals surface area (Å²) in [6.07, 6.45) is 0. The Bertz CT molecular complexity index is 1280. The van der Waals surface area contributed by atoms with Crippen LogP contribution in [0.15, 0.2) is 19.6 Å². The van der Waals surface area contributed by atoms with Crippen LogP contribution in [0, 0.1) is 60.7 Å². The zero-order chi connectivity index (χ0) is 29.8. The summed E-state index contributed by atoms with van der Waals surface area (Å²) in [5.74, 6) is -10.8. The fourth-order valence-electron chi connectivity index (χ4n) is 2.46. The molecule has 0 saturated heterocycles. The van der Waals surface area contributed by atoms with Crippen LogP contribution in [0.1, 0.15) is 11.4 Å². The van der Waals surface area contributed by atoms with Crippen LogP contribution in [0.3, 0.4) is 0 Å². The van der Waals surface area contributed by atoms with E-state index in [1.54, 1.807) is 0 Å². The van der Waals surface area contributed by atoms with Crippen molar-refractivity contribution in [1.29, 1.82) is 0 Å². The van der Waals surface area contributed by atoms with Crippen LogP contribution >= 0.6 is 0 Å². The lowest BCUT2D eigenvalue weighted by molar-refractivity contribution is -0.965. The fraction of sp³-hybridized carbons (Fsp3) is 0.400. The second-order valence-corrected chi connectivity index (χ2v) is 6.70. The second-order valence-electron chi connectivity index (χ2n) is 6.70. The van der Waals surface area contributed by atoms with Crippen molar-refractivity contribution in [2.45, 2.75) is 11.6 Å². The lowest BCUT2D eigenvalue weighted by Crippen LogP contribution is -2.58. The average Bonchev–Trinajstić information content (AvgIpc) is 3.53. The smallest absolute Gasteiger partial charge is 0.345 e. The minimum absolute atomic E-state index is 0.629. The number of rotatable bonds is 14. The highest BCUT2D eigenvalue weighted by molar-refractivity contribution is 6.01. The van der Waals surface area contributed by atoms with Crippen molar-refractivity contribution in [1.82, 2.24) is 20.6 Å². The van der Waals surface area contributed by atoms with E-state index in [1.165, 1.54) is 0 Å². The van der Waals surface area contributed by atoms with Gasteiger partial charge in [-0.1, -0.05) is 0 Å². The Balaban J connectivity index is 1.76. The topological polar surface area (TPSA) is 404 Å². The minimum atomic E-state index is -3.94. The predicted octanol–water partition coefficient (Wildman–Crippen LogP) is -2.69. The Kier molecular flexibility index (Phi) is 7.16. The van der Waals surface area contributed by atoms with Gasteiger partial charge in [-0.15, -0.1) is 0 Å². The molecule has 212 valence electrons. The van der Waals surface area contributed by atoms with E-state index in [4.69, 9.17) is 9.68 Å². The molecule has 0 spiro atoms. The van der Waals surface area contributed by atoms with Crippen molar-refractivity contribution in [3.05, 3.63) is 72.1 Å². The molecule has 2 aromatic rings. The van der Waals surface area contributed by atoms with E-state index < -0.39 is 89.0 Å². The number of hydrogen-bond donors (Lipinski definition) is 2. The number of nitrogens with zero attached hydrogens (tertiary/aromatic N) is 12. The van der Waals surface area contributed by atoms with Gasteiger partial charge in [-0.25, -0.2) is 9.26 Å². The van der Waals surface area contributed by atoms with Gasteiger partial charge >= 0.3 is 23.4 Å². The standard InChI is InChI=1S/C10H6N14O16/c25-19(26)9(20(27)28,21(29)30)1-11-5-3(13-39-15-5)7-17-38-8(18-37-7)4-6(16-40-14-4)12-2-10(22(31)32,23(33)34)24(35)36/h1-2H2,(H,11,15)(H,12,16). The summed E-state index contributed by atoms with van der Waals surface area (Å²) in [5.41, 5.74) is -1.26. The summed E-state index contributed by atoms with van der Waals surface area (Å²) < 4.78 is 8.67. The van der Waals surface area contributed by atoms with Gasteiger partial charge in [0.25, 0.3) is 0 Å². The van der Waals surface area contributed by atoms with Crippen LogP contribution in [-0.4, -0.2) is 86.6 Å². The molecule has 0 aromatic carbocycles. The van der Waals surface area contributed by atoms with Crippen LogP contribution in [0.5, 0.6) is 0 Å². The van der Waals surface area contributed by atoms with Gasteiger partial charge in [0.15, 0.2) is 29.5 Å². The first-order chi connectivity index (χ1) is 18.8. The number of aromatic nitrogens is 4. The average molecular weight is 578 g/mol. The maximum atomic E-state index is 11.0. The van der Waals surface area contributed by atoms with Crippen LogP contribution in [0.2, 0.25) is 0 Å². The van der Waals surface area contributed by atoms with Gasteiger partial charge in [0.05, 0.1) is 0 Å². The molecular weight excluding hydrogens is 572 g/mol. The molecule has 1 aliphatic heterocycles. The Morgan fingerprint density at radius 2 is 0.850 bits per heavy atom. The molecular formula is C10H6N14O16. The second kappa shape index (κ2) is 10.3. The van der Waals surface area contributed by atoms with E-state index in [2.05, 4.69) is 40.2 Å². The lowest BCUT2D eigenvalue weighted by Gasteiger charge is -2.11. The van der Waals surface area contributed by atoms with Gasteiger partial charge < -0.3 is 20.3 Å². The van der Waals surface area contributed by atoms with Crippen molar-refractivity contribution in [2.75, 3.05) is 23.7 Å². The molecule has 0 aliphatic carbocycles. The van der Waals surface area contributed by atoms with E-state index in [1.807, 2.05) is 10.6 Å². The Labute approximate surface area is 211 Å². The maximum absolute atomic E-state index is 11.0. The Morgan fingerprint density at radius 1 is 0.550 bits per heavy atom. The molecule has 2 N–H and O–H groups in total. The molecule has 30 heteroatoms. The molecule has 0 saturated carbocycles. The first kappa shape index (κ1) is 27.8. The lowest BCUT2D eigenvalue weighted by atomic mass is 10.3. The number of hydrogen-bond acceptors (Lipinski definition) is 24. The number of anilines is 2. The summed E-state index contributed by atoms with van der Waals surface area (Å²) in [5, 5.41) is 89.7. The SMILES string of the molecule is O=[N+]([O-])C(CNc1nonc1C1=NOC(c2nonc2NCC([N+](=O)[O-])([N+](=O)[O-])[N+](=O)[O-])=NO1)([N+](=O)[O-])[N+](=O)[O-]. The summed E-state index contributed by atoms with van der Waals surface area (Å²) in [4.78, 5) is 65.3. The summed E-state index contributed by atoms with van der Waals surface area (Å²) in [7, 11) is 0. The van der Waals surface area contributed by atoms with Crippen molar-refractivity contribution >= 4 is 23.4 Å². The highest BCUT2D eigenvalue weighted by Gasteiger charge is 2.71. The van der Waals surface area contributed by atoms with E-state index in [0.717, 1.165) is 0 Å². The monoisotopic (exact) mass is 578 g/mol. The molecule has 0 bridgehead atoms. The third kappa shape index (κ3) is 4.54. The van der Waals surface area contributed by atoms with Gasteiger partial charge in [-0.05, 0) is 30.9 Å². The van der Waals surface area contributed by atoms with Crippen molar-refractivity contribution in [2.24, 2.45) is 10.3 Å². The van der Waals surface area contributed by atoms with Crippen LogP contribution < -0.4 is 10.6 Å². The molecule has 0 fully saturated rings. The fourth-order valence-corrected chi connectivity index (χ4v) is 2.46. The summed E-state index contributed by atoms with van der Waals surface area (Å²) >= 11 is 0. The third-order valence-corrected chi connectivity index (χ3v) is 4.55. The number of nitro groups is 6. The first-order valence-electron chi connectivity index (χ1n) is 9.29. The molecule has 2 aromatic heterocycles. The molecule has 40 heavy (non-hydrogen) atoms. The van der Waals surface area contributed by atoms with E-state index in [-0.39, 0.29) is 0 Å². The van der Waals surface area contributed by atoms with Gasteiger partial charge in [-0.3, -0.25) is 60.7 Å². The molecule has 3 heterocycles. The molecule has 30 nitrogen and oxygen atoms in total. The molecule has 3 rings (SSSR count). The highest BCUT2D eigenvalue weighted by atomic mass is 16.8. The first-order valence-corrected chi connectivity index (χ1v) is 9.29. The van der Waals surface area contributed by atoms with Crippen LogP contribution in [0.25, 0.3) is 0 Å². The molecule has 0 unspecified atom stereocenters. The van der Waals surface area contributed by atoms with E-state index in [0.29, 0.717) is 0 Å². The zero-order valence-corrected chi connectivity index (χ0v) is 18.3. The quantitative estimate of drug-likeness (QED) is 0.131. The van der Waals surface area contributed by atoms with Crippen LogP contribution in [-0.2, 0) is 9.68 Å². The minimum Gasteiger partial charge on any atom is -0.345 e. The van der Waals surface area contributed by atoms with E-state index in [9.17, 15) is 60.7 Å². The van der Waals surface area contributed by atoms with Gasteiger partial charge in [-0.2, -0.15) is 0 Å². The van der Waals surface area contributed by atoms with Crippen molar-refractivity contribution < 1.29 is 48.5 Å². The van der Waals surface area contributed by atoms with Crippen molar-refractivity contribution in [3.8, 4) is 0 Å². The largest absolute Gasteiger partial charge is 0.717 e. The summed E-state index contributed by atoms with van der Waals surface area (Å²) in [6, 6.07) is 0. The third-order valence-electron chi connectivity index (χ3n) is 4.55. The zero-order valence-electron chi connectivity index (χ0n) is 18.3. The van der Waals surface area contributed by atoms with E-state index >= 15 is 0 Å². The van der Waals surface area contributed by atoms with Crippen molar-refractivity contribution in [3.63, 3.8) is 0 Å². The van der Waals surface area contributed by atoms with Gasteiger partial charge in [0, 0.05) is 0 Å². The predicted molar refractivity (Wildman–Crippen MR) is 108 cm³/mol. The maximum Gasteiger partial charge on any atom is 0.717 e. The molecule has 0 atom stereocenters. The Hall–Kier alpha value is -6.78. The summed E-state index contributed by atoms with van der Waals surface area (Å²) in [6.45, 7) is -3.13. The normalized spacial score (nSPS) is 13.1. The van der Waals surface area contributed by atoms with Gasteiger partial charge in [0.2, 0.25) is 36.1 Å².